The van der Waals surface area contributed by atoms with E-state index in [1.165, 1.54) is 37.7 Å². The summed E-state index contributed by atoms with van der Waals surface area (Å²) >= 11 is 0. The molecule has 2 aliphatic rings. The van der Waals surface area contributed by atoms with E-state index in [0.717, 1.165) is 0 Å². The van der Waals surface area contributed by atoms with Gasteiger partial charge >= 0.3 is 0 Å². The molecule has 0 heterocycles. The zero-order valence-corrected chi connectivity index (χ0v) is 11.9. The topological polar surface area (TPSA) is 20.2 Å². The molecule has 0 spiro atoms. The molecule has 0 saturated heterocycles. The molecule has 0 aromatic rings. The first-order chi connectivity index (χ1) is 7.79. The van der Waals surface area contributed by atoms with Gasteiger partial charge in [0.2, 0.25) is 0 Å². The summed E-state index contributed by atoms with van der Waals surface area (Å²) in [6.07, 6.45) is 6.23. The summed E-state index contributed by atoms with van der Waals surface area (Å²) in [5.74, 6) is 1.29. The van der Waals surface area contributed by atoms with E-state index in [2.05, 4.69) is 27.4 Å². The van der Waals surface area contributed by atoms with Crippen LogP contribution in [-0.4, -0.2) is 10.7 Å². The average molecular weight is 236 g/mol. The van der Waals surface area contributed by atoms with Gasteiger partial charge in [-0.3, -0.25) is 0 Å². The molecular weight excluding hydrogens is 208 g/mol. The zero-order chi connectivity index (χ0) is 12.8. The molecule has 0 aliphatic heterocycles. The first-order valence-electron chi connectivity index (χ1n) is 7.19. The monoisotopic (exact) mass is 236 g/mol. The second-order valence-corrected chi connectivity index (χ2v) is 7.17. The SMILES string of the molecule is C=C1CCCC2(C)CC[C@H]([C@@](C)(O)C(C)C)[C@H]12. The molecule has 0 aromatic heterocycles. The fourth-order valence-electron chi connectivity index (χ4n) is 4.28. The summed E-state index contributed by atoms with van der Waals surface area (Å²) in [5.41, 5.74) is 1.28. The molecular formula is C16H28O. The van der Waals surface area contributed by atoms with E-state index in [1.54, 1.807) is 0 Å². The van der Waals surface area contributed by atoms with Crippen LogP contribution in [0.15, 0.2) is 12.2 Å². The third-order valence-corrected chi connectivity index (χ3v) is 5.78. The van der Waals surface area contributed by atoms with Crippen molar-refractivity contribution in [1.29, 1.82) is 0 Å². The Bertz CT molecular complexity index is 315. The third kappa shape index (κ3) is 1.97. The van der Waals surface area contributed by atoms with Crippen LogP contribution in [-0.2, 0) is 0 Å². The van der Waals surface area contributed by atoms with Gasteiger partial charge in [0, 0.05) is 0 Å². The van der Waals surface area contributed by atoms with Crippen LogP contribution in [0.4, 0.5) is 0 Å². The van der Waals surface area contributed by atoms with Gasteiger partial charge in [0.15, 0.2) is 0 Å². The molecule has 1 nitrogen and oxygen atoms in total. The standard InChI is InChI=1S/C16H28O/c1-11(2)16(5,17)13-8-10-15(4)9-6-7-12(3)14(13)15/h11,13-14,17H,3,6-10H2,1-2,4-5H3/t13-,14-,15?,16-/m0/s1. The second-order valence-electron chi connectivity index (χ2n) is 7.17. The maximum Gasteiger partial charge on any atom is 0.0676 e. The van der Waals surface area contributed by atoms with Crippen molar-refractivity contribution < 1.29 is 5.11 Å². The minimum Gasteiger partial charge on any atom is -0.390 e. The summed E-state index contributed by atoms with van der Waals surface area (Å²) in [5, 5.41) is 10.8. The van der Waals surface area contributed by atoms with Crippen molar-refractivity contribution in [2.24, 2.45) is 23.2 Å². The lowest BCUT2D eigenvalue weighted by Crippen LogP contribution is -2.45. The Balaban J connectivity index is 2.30. The fourth-order valence-corrected chi connectivity index (χ4v) is 4.28. The molecule has 17 heavy (non-hydrogen) atoms. The quantitative estimate of drug-likeness (QED) is 0.714. The van der Waals surface area contributed by atoms with Gasteiger partial charge in [0.25, 0.3) is 0 Å². The Morgan fingerprint density at radius 2 is 2.06 bits per heavy atom. The maximum atomic E-state index is 10.8. The normalized spacial score (nSPS) is 41.4. The maximum absolute atomic E-state index is 10.8. The summed E-state index contributed by atoms with van der Waals surface area (Å²) in [6, 6.07) is 0. The van der Waals surface area contributed by atoms with E-state index in [-0.39, 0.29) is 0 Å². The van der Waals surface area contributed by atoms with Crippen molar-refractivity contribution >= 4 is 0 Å². The Morgan fingerprint density at radius 3 is 2.65 bits per heavy atom. The Labute approximate surface area is 106 Å². The van der Waals surface area contributed by atoms with Crippen molar-refractivity contribution in [1.82, 2.24) is 0 Å². The molecule has 98 valence electrons. The predicted octanol–water partition coefficient (Wildman–Crippen LogP) is 4.17. The van der Waals surface area contributed by atoms with E-state index < -0.39 is 5.60 Å². The van der Waals surface area contributed by atoms with E-state index >= 15 is 0 Å². The van der Waals surface area contributed by atoms with E-state index in [1.807, 2.05) is 6.92 Å². The van der Waals surface area contributed by atoms with Gasteiger partial charge in [0.1, 0.15) is 0 Å². The van der Waals surface area contributed by atoms with Crippen LogP contribution in [0, 0.1) is 23.2 Å². The highest BCUT2D eigenvalue weighted by Gasteiger charge is 2.53. The highest BCUT2D eigenvalue weighted by Crippen LogP contribution is 2.59. The van der Waals surface area contributed by atoms with E-state index in [4.69, 9.17) is 0 Å². The van der Waals surface area contributed by atoms with Crippen molar-refractivity contribution in [2.75, 3.05) is 0 Å². The molecule has 1 unspecified atom stereocenters. The highest BCUT2D eigenvalue weighted by atomic mass is 16.3. The largest absolute Gasteiger partial charge is 0.390 e. The van der Waals surface area contributed by atoms with Crippen LogP contribution in [0.1, 0.15) is 59.8 Å². The van der Waals surface area contributed by atoms with Crippen molar-refractivity contribution in [3.63, 3.8) is 0 Å². The minimum absolute atomic E-state index is 0.324. The van der Waals surface area contributed by atoms with E-state index in [9.17, 15) is 5.11 Å². The van der Waals surface area contributed by atoms with Gasteiger partial charge < -0.3 is 5.11 Å². The van der Waals surface area contributed by atoms with Crippen LogP contribution >= 0.6 is 0 Å². The van der Waals surface area contributed by atoms with E-state index in [0.29, 0.717) is 23.2 Å². The van der Waals surface area contributed by atoms with Crippen molar-refractivity contribution in [3.8, 4) is 0 Å². The van der Waals surface area contributed by atoms with Crippen molar-refractivity contribution in [2.45, 2.75) is 65.4 Å². The zero-order valence-electron chi connectivity index (χ0n) is 11.9. The lowest BCUT2D eigenvalue weighted by Gasteiger charge is -2.45. The lowest BCUT2D eigenvalue weighted by molar-refractivity contribution is -0.0615. The third-order valence-electron chi connectivity index (χ3n) is 5.78. The molecule has 0 radical (unpaired) electrons. The molecule has 2 fully saturated rings. The molecule has 1 heteroatoms. The summed E-state index contributed by atoms with van der Waals surface area (Å²) < 4.78 is 0. The minimum atomic E-state index is -0.539. The number of aliphatic hydroxyl groups is 1. The predicted molar refractivity (Wildman–Crippen MR) is 72.8 cm³/mol. The Hall–Kier alpha value is -0.300. The first kappa shape index (κ1) is 13.1. The van der Waals surface area contributed by atoms with Crippen LogP contribution in [0.2, 0.25) is 0 Å². The highest BCUT2D eigenvalue weighted by molar-refractivity contribution is 5.18. The van der Waals surface area contributed by atoms with Gasteiger partial charge in [-0.1, -0.05) is 32.9 Å². The summed E-state index contributed by atoms with van der Waals surface area (Å²) in [4.78, 5) is 0. The first-order valence-corrected chi connectivity index (χ1v) is 7.19. The number of rotatable bonds is 2. The smallest absolute Gasteiger partial charge is 0.0676 e. The summed E-state index contributed by atoms with van der Waals surface area (Å²) in [7, 11) is 0. The molecule has 2 saturated carbocycles. The van der Waals surface area contributed by atoms with Crippen LogP contribution in [0.5, 0.6) is 0 Å². The van der Waals surface area contributed by atoms with Gasteiger partial charge in [-0.2, -0.15) is 0 Å². The number of allylic oxidation sites excluding steroid dienone is 1. The summed E-state index contributed by atoms with van der Waals surface area (Å²) in [6.45, 7) is 13.0. The molecule has 0 bridgehead atoms. The average Bonchev–Trinajstić information content (AvgIpc) is 2.57. The van der Waals surface area contributed by atoms with Gasteiger partial charge in [-0.25, -0.2) is 0 Å². The number of hydrogen-bond donors (Lipinski definition) is 1. The number of fused-ring (bicyclic) bond motifs is 1. The van der Waals surface area contributed by atoms with Crippen LogP contribution < -0.4 is 0 Å². The Morgan fingerprint density at radius 1 is 1.41 bits per heavy atom. The van der Waals surface area contributed by atoms with Crippen LogP contribution in [0.25, 0.3) is 0 Å². The molecule has 0 amide bonds. The second kappa shape index (κ2) is 4.12. The molecule has 1 N–H and O–H groups in total. The molecule has 0 aromatic carbocycles. The van der Waals surface area contributed by atoms with Crippen molar-refractivity contribution in [3.05, 3.63) is 12.2 Å². The molecule has 2 rings (SSSR count). The molecule has 2 aliphatic carbocycles. The number of hydrogen-bond acceptors (Lipinski definition) is 1. The van der Waals surface area contributed by atoms with Crippen LogP contribution in [0.3, 0.4) is 0 Å². The van der Waals surface area contributed by atoms with Gasteiger partial charge in [0.05, 0.1) is 5.60 Å². The lowest BCUT2D eigenvalue weighted by atomic mass is 9.62. The Kier molecular flexibility index (Phi) is 3.18. The fraction of sp³-hybridized carbons (Fsp3) is 0.875. The molecule has 4 atom stereocenters. The van der Waals surface area contributed by atoms with Gasteiger partial charge in [-0.15, -0.1) is 0 Å². The van der Waals surface area contributed by atoms with Gasteiger partial charge in [-0.05, 0) is 62.2 Å².